The Hall–Kier alpha value is -3.47. The number of nitrogens with one attached hydrogen (secondary N) is 3. The average molecular weight is 872 g/mol. The number of rotatable bonds is 46. The van der Waals surface area contributed by atoms with E-state index in [4.69, 9.17) is 24.1 Å². The number of carbonyl (C=O) groups excluding carboxylic acids is 5. The van der Waals surface area contributed by atoms with Crippen LogP contribution in [0, 0.1) is 5.92 Å². The van der Waals surface area contributed by atoms with Crippen molar-refractivity contribution in [3.05, 3.63) is 0 Å². The number of ether oxygens (including phenoxy) is 4. The monoisotopic (exact) mass is 872 g/mol. The van der Waals surface area contributed by atoms with Crippen LogP contribution in [-0.2, 0) is 52.5 Å². The third kappa shape index (κ3) is 40.4. The summed E-state index contributed by atoms with van der Waals surface area (Å²) in [6, 6.07) is -1.13. The molecule has 0 aliphatic rings. The number of carboxylic acid groups (broad SMARTS) is 2. The molecule has 0 saturated carbocycles. The van der Waals surface area contributed by atoms with E-state index in [-0.39, 0.29) is 107 Å². The van der Waals surface area contributed by atoms with E-state index < -0.39 is 18.0 Å². The molecule has 0 radical (unpaired) electrons. The van der Waals surface area contributed by atoms with Crippen LogP contribution < -0.4 is 16.0 Å². The van der Waals surface area contributed by atoms with Crippen molar-refractivity contribution in [3.8, 4) is 0 Å². The number of carboxylic acids is 2. The molecule has 3 amide bonds. The summed E-state index contributed by atoms with van der Waals surface area (Å²) in [7, 11) is 0. The lowest BCUT2D eigenvalue weighted by molar-refractivity contribution is -0.142. The minimum atomic E-state index is -1.18. The van der Waals surface area contributed by atoms with Crippen LogP contribution in [0.3, 0.4) is 0 Å². The third-order valence-corrected chi connectivity index (χ3v) is 10.3. The normalized spacial score (nSPS) is 12.1. The van der Waals surface area contributed by atoms with Gasteiger partial charge in [-0.05, 0) is 51.9 Å². The van der Waals surface area contributed by atoms with Gasteiger partial charge in [0.15, 0.2) is 5.78 Å². The van der Waals surface area contributed by atoms with Crippen molar-refractivity contribution in [3.63, 3.8) is 0 Å². The lowest BCUT2D eigenvalue weighted by Crippen LogP contribution is -2.41. The maximum Gasteiger partial charge on any atom is 0.326 e. The highest BCUT2D eigenvalue weighted by Crippen LogP contribution is 2.15. The van der Waals surface area contributed by atoms with Crippen molar-refractivity contribution in [1.82, 2.24) is 16.0 Å². The van der Waals surface area contributed by atoms with Gasteiger partial charge >= 0.3 is 11.9 Å². The van der Waals surface area contributed by atoms with Crippen LogP contribution in [0.5, 0.6) is 0 Å². The van der Waals surface area contributed by atoms with E-state index in [1.54, 1.807) is 6.92 Å². The molecule has 0 aliphatic heterocycles. The van der Waals surface area contributed by atoms with Crippen molar-refractivity contribution in [2.45, 2.75) is 174 Å². The molecule has 0 rings (SSSR count). The van der Waals surface area contributed by atoms with Gasteiger partial charge in [-0.25, -0.2) is 4.79 Å². The van der Waals surface area contributed by atoms with Gasteiger partial charge in [0.1, 0.15) is 25.0 Å². The Balaban J connectivity index is 3.65. The standard InChI is InChI=1S/C45H81N3O13/c1-3-38(37(2)49)21-18-19-27-46-43(53)36-61-34-31-58-29-20-22-39(50)35-60-33-32-59-30-28-47-41(51)26-25-40(45(56)57)48-42(52)23-16-14-12-10-8-6-4-5-7-9-11-13-15-17-24-44(54)55/h38,40H,3-36H2,1-2H3,(H,46,53)(H,47,51)(H,48,52)(H,54,55)(H,56,57)/t38-,40+/m0/s1. The van der Waals surface area contributed by atoms with E-state index in [9.17, 15) is 38.7 Å². The maximum atomic E-state index is 12.3. The summed E-state index contributed by atoms with van der Waals surface area (Å²) in [5.74, 6) is -2.49. The van der Waals surface area contributed by atoms with E-state index in [2.05, 4.69) is 16.0 Å². The van der Waals surface area contributed by atoms with Gasteiger partial charge in [-0.3, -0.25) is 28.8 Å². The fraction of sp³-hybridized carbons (Fsp3) is 0.844. The fourth-order valence-electron chi connectivity index (χ4n) is 6.56. The number of aliphatic carboxylic acids is 2. The molecule has 0 heterocycles. The van der Waals surface area contributed by atoms with Crippen molar-refractivity contribution >= 4 is 41.2 Å². The van der Waals surface area contributed by atoms with Gasteiger partial charge in [0, 0.05) is 51.3 Å². The molecule has 0 unspecified atom stereocenters. The highest BCUT2D eigenvalue weighted by Gasteiger charge is 2.21. The second kappa shape index (κ2) is 41.9. The number of ketones is 2. The first-order valence-corrected chi connectivity index (χ1v) is 23.1. The van der Waals surface area contributed by atoms with Gasteiger partial charge in [-0.1, -0.05) is 90.4 Å². The zero-order chi connectivity index (χ0) is 45.2. The minimum Gasteiger partial charge on any atom is -0.481 e. The van der Waals surface area contributed by atoms with Crippen LogP contribution in [0.25, 0.3) is 0 Å². The van der Waals surface area contributed by atoms with Crippen LogP contribution >= 0.6 is 0 Å². The smallest absolute Gasteiger partial charge is 0.326 e. The number of carbonyl (C=O) groups is 7. The summed E-state index contributed by atoms with van der Waals surface area (Å²) in [4.78, 5) is 82.0. The first kappa shape index (κ1) is 57.5. The predicted octanol–water partition coefficient (Wildman–Crippen LogP) is 6.10. The van der Waals surface area contributed by atoms with Gasteiger partial charge in [0.05, 0.1) is 33.0 Å². The Morgan fingerprint density at radius 3 is 1.56 bits per heavy atom. The molecule has 0 bridgehead atoms. The van der Waals surface area contributed by atoms with E-state index in [1.165, 1.54) is 44.9 Å². The van der Waals surface area contributed by atoms with E-state index in [0.29, 0.717) is 39.0 Å². The van der Waals surface area contributed by atoms with Crippen molar-refractivity contribution in [2.24, 2.45) is 5.92 Å². The SMILES string of the molecule is CC[C@@H](CCCCNC(=O)COCCOCCCC(=O)COCCOCCNC(=O)CC[C@@H](NC(=O)CCCCCCCCCCCCCCCCC(=O)O)C(=O)O)C(C)=O. The lowest BCUT2D eigenvalue weighted by Gasteiger charge is -2.14. The molecular formula is C45H81N3O13. The van der Waals surface area contributed by atoms with Crippen molar-refractivity contribution in [2.75, 3.05) is 65.9 Å². The van der Waals surface area contributed by atoms with Gasteiger partial charge in [-0.15, -0.1) is 0 Å². The van der Waals surface area contributed by atoms with Gasteiger partial charge in [0.25, 0.3) is 0 Å². The Kier molecular flexibility index (Phi) is 39.5. The first-order valence-electron chi connectivity index (χ1n) is 23.1. The second-order valence-corrected chi connectivity index (χ2v) is 15.7. The molecule has 61 heavy (non-hydrogen) atoms. The Bertz CT molecular complexity index is 1190. The molecule has 0 spiro atoms. The number of Topliss-reactive ketones (excluding diaryl/α,β-unsaturated/α-hetero) is 2. The van der Waals surface area contributed by atoms with E-state index in [1.807, 2.05) is 6.92 Å². The topological polar surface area (TPSA) is 233 Å². The van der Waals surface area contributed by atoms with Crippen LogP contribution in [0.1, 0.15) is 168 Å². The Morgan fingerprint density at radius 2 is 1.00 bits per heavy atom. The highest BCUT2D eigenvalue weighted by atomic mass is 16.5. The lowest BCUT2D eigenvalue weighted by atomic mass is 9.95. The molecule has 2 atom stereocenters. The largest absolute Gasteiger partial charge is 0.481 e. The van der Waals surface area contributed by atoms with Gasteiger partial charge in [-0.2, -0.15) is 0 Å². The summed E-state index contributed by atoms with van der Waals surface area (Å²) in [6.45, 7) is 5.94. The summed E-state index contributed by atoms with van der Waals surface area (Å²) in [6.07, 6.45) is 19.8. The molecule has 0 aliphatic carbocycles. The Morgan fingerprint density at radius 1 is 0.475 bits per heavy atom. The average Bonchev–Trinajstić information content (AvgIpc) is 3.22. The molecule has 0 aromatic carbocycles. The first-order chi connectivity index (χ1) is 29.5. The summed E-state index contributed by atoms with van der Waals surface area (Å²) >= 11 is 0. The predicted molar refractivity (Wildman–Crippen MR) is 232 cm³/mol. The molecule has 16 heteroatoms. The molecule has 0 aromatic heterocycles. The van der Waals surface area contributed by atoms with Crippen LogP contribution in [0.2, 0.25) is 0 Å². The molecule has 0 saturated heterocycles. The highest BCUT2D eigenvalue weighted by molar-refractivity contribution is 5.84. The van der Waals surface area contributed by atoms with Crippen molar-refractivity contribution in [1.29, 1.82) is 0 Å². The molecule has 0 aromatic rings. The van der Waals surface area contributed by atoms with Gasteiger partial charge in [0.2, 0.25) is 17.7 Å². The van der Waals surface area contributed by atoms with Crippen LogP contribution in [0.15, 0.2) is 0 Å². The fourth-order valence-corrected chi connectivity index (χ4v) is 6.56. The maximum absolute atomic E-state index is 12.3. The van der Waals surface area contributed by atoms with E-state index >= 15 is 0 Å². The molecule has 16 nitrogen and oxygen atoms in total. The quantitative estimate of drug-likeness (QED) is 0.0436. The Labute approximate surface area is 365 Å². The van der Waals surface area contributed by atoms with Crippen LogP contribution in [0.4, 0.5) is 0 Å². The molecule has 354 valence electrons. The zero-order valence-electron chi connectivity index (χ0n) is 37.6. The summed E-state index contributed by atoms with van der Waals surface area (Å²) in [5.41, 5.74) is 0. The minimum absolute atomic E-state index is 0.0186. The number of unbranched alkanes of at least 4 members (excludes halogenated alkanes) is 14. The number of hydrogen-bond donors (Lipinski definition) is 5. The second-order valence-electron chi connectivity index (χ2n) is 15.7. The van der Waals surface area contributed by atoms with Crippen LogP contribution in [-0.4, -0.2) is 123 Å². The number of amides is 3. The third-order valence-electron chi connectivity index (χ3n) is 10.3. The van der Waals surface area contributed by atoms with Crippen molar-refractivity contribution < 1.29 is 62.7 Å². The van der Waals surface area contributed by atoms with E-state index in [0.717, 1.165) is 64.2 Å². The van der Waals surface area contributed by atoms with Gasteiger partial charge < -0.3 is 45.1 Å². The zero-order valence-corrected chi connectivity index (χ0v) is 37.6. The molecular weight excluding hydrogens is 791 g/mol. The summed E-state index contributed by atoms with van der Waals surface area (Å²) < 4.78 is 21.5. The molecule has 0 fully saturated rings. The molecule has 5 N–H and O–H groups in total. The number of hydrogen-bond acceptors (Lipinski definition) is 11. The summed E-state index contributed by atoms with van der Waals surface area (Å²) in [5, 5.41) is 26.2.